The Morgan fingerprint density at radius 2 is 1.97 bits per heavy atom. The minimum absolute atomic E-state index is 0.243. The van der Waals surface area contributed by atoms with Gasteiger partial charge in [0, 0.05) is 25.8 Å². The second-order valence-electron chi connectivity index (χ2n) is 9.20. The molecular weight excluding hydrogens is 448 g/mol. The molecule has 0 bridgehead atoms. The van der Waals surface area contributed by atoms with Crippen LogP contribution in [0.4, 0.5) is 10.6 Å². The van der Waals surface area contributed by atoms with Gasteiger partial charge in [0.1, 0.15) is 23.4 Å². The first kappa shape index (κ1) is 24.1. The van der Waals surface area contributed by atoms with Crippen molar-refractivity contribution >= 4 is 28.9 Å². The van der Waals surface area contributed by atoms with Crippen LogP contribution in [0.3, 0.4) is 0 Å². The molecule has 0 spiro atoms. The number of fused-ring (bicyclic) bond motifs is 1. The highest BCUT2D eigenvalue weighted by molar-refractivity contribution is 5.88. The average Bonchev–Trinajstić information content (AvgIpc) is 3.48. The smallest absolute Gasteiger partial charge is 0.410 e. The third-order valence-electron chi connectivity index (χ3n) is 5.30. The predicted octanol–water partition coefficient (Wildman–Crippen LogP) is 3.20. The Hall–Kier alpha value is -4.08. The van der Waals surface area contributed by atoms with Crippen LogP contribution in [0, 0.1) is 0 Å². The maximum atomic E-state index is 12.9. The van der Waals surface area contributed by atoms with Crippen LogP contribution in [0.5, 0.6) is 0 Å². The van der Waals surface area contributed by atoms with Gasteiger partial charge in [-0.15, -0.1) is 0 Å². The van der Waals surface area contributed by atoms with E-state index in [0.29, 0.717) is 18.0 Å². The summed E-state index contributed by atoms with van der Waals surface area (Å²) in [5.41, 5.74) is 1.05. The summed E-state index contributed by atoms with van der Waals surface area (Å²) in [6.07, 6.45) is 5.29. The molecule has 0 saturated carbocycles. The molecule has 10 nitrogen and oxygen atoms in total. The molecule has 3 heterocycles. The first-order chi connectivity index (χ1) is 16.8. The normalized spacial score (nSPS) is 17.1. The second kappa shape index (κ2) is 10.5. The molecule has 0 fully saturated rings. The minimum atomic E-state index is -0.775. The molecular formula is C25H30N6O4. The standard InChI is InChI=1S/C25H30N6O4/c1-25(2,3)35-24(33)31(15-17-7-5-4-6-8-17)13-12-27-23(32)20-19(10-14-34-20)30-22-18-9-11-26-21(18)28-16-29-22/h4-11,14,16,19-20H,12-13,15H2,1-3H3,(H,27,32)(H2,26,28,29,30). The van der Waals surface area contributed by atoms with Gasteiger partial charge >= 0.3 is 6.09 Å². The van der Waals surface area contributed by atoms with Gasteiger partial charge in [0.2, 0.25) is 0 Å². The Labute approximate surface area is 203 Å². The molecule has 184 valence electrons. The third kappa shape index (κ3) is 6.28. The highest BCUT2D eigenvalue weighted by Gasteiger charge is 2.32. The second-order valence-corrected chi connectivity index (χ2v) is 9.20. The first-order valence-corrected chi connectivity index (χ1v) is 11.5. The molecule has 3 aromatic rings. The Bertz CT molecular complexity index is 1190. The molecule has 0 radical (unpaired) electrons. The van der Waals surface area contributed by atoms with Crippen LogP contribution in [-0.4, -0.2) is 62.7 Å². The lowest BCUT2D eigenvalue weighted by Crippen LogP contribution is -2.46. The molecule has 0 aliphatic carbocycles. The van der Waals surface area contributed by atoms with E-state index in [1.165, 1.54) is 12.6 Å². The molecule has 1 aromatic carbocycles. The number of carbonyl (C=O) groups excluding carboxylic acids is 2. The van der Waals surface area contributed by atoms with E-state index in [0.717, 1.165) is 10.9 Å². The third-order valence-corrected chi connectivity index (χ3v) is 5.30. The van der Waals surface area contributed by atoms with Crippen LogP contribution in [0.2, 0.25) is 0 Å². The summed E-state index contributed by atoms with van der Waals surface area (Å²) in [6, 6.07) is 11.1. The average molecular weight is 479 g/mol. The Morgan fingerprint density at radius 1 is 1.17 bits per heavy atom. The van der Waals surface area contributed by atoms with E-state index >= 15 is 0 Å². The SMILES string of the molecule is CC(C)(C)OC(=O)N(CCNC(=O)C1OC=CC1Nc1ncnc2[nH]ccc12)Cc1ccccc1. The van der Waals surface area contributed by atoms with Gasteiger partial charge in [-0.3, -0.25) is 4.79 Å². The van der Waals surface area contributed by atoms with Crippen molar-refractivity contribution in [3.05, 3.63) is 66.8 Å². The van der Waals surface area contributed by atoms with Crippen LogP contribution in [-0.2, 0) is 20.8 Å². The van der Waals surface area contributed by atoms with Crippen LogP contribution < -0.4 is 10.6 Å². The van der Waals surface area contributed by atoms with Gasteiger partial charge in [0.25, 0.3) is 5.91 Å². The maximum Gasteiger partial charge on any atom is 0.410 e. The summed E-state index contributed by atoms with van der Waals surface area (Å²) in [4.78, 5) is 38.8. The Kier molecular flexibility index (Phi) is 7.19. The number of nitrogens with zero attached hydrogens (tertiary/aromatic N) is 3. The topological polar surface area (TPSA) is 121 Å². The van der Waals surface area contributed by atoms with Crippen molar-refractivity contribution in [1.82, 2.24) is 25.2 Å². The van der Waals surface area contributed by atoms with Crippen molar-refractivity contribution in [2.45, 2.75) is 45.1 Å². The number of anilines is 1. The zero-order valence-corrected chi connectivity index (χ0v) is 20.0. The molecule has 3 N–H and O–H groups in total. The van der Waals surface area contributed by atoms with Gasteiger partial charge in [0.05, 0.1) is 17.7 Å². The highest BCUT2D eigenvalue weighted by Crippen LogP contribution is 2.22. The molecule has 1 aliphatic heterocycles. The molecule has 2 amide bonds. The first-order valence-electron chi connectivity index (χ1n) is 11.5. The van der Waals surface area contributed by atoms with Crippen molar-refractivity contribution < 1.29 is 19.1 Å². The lowest BCUT2D eigenvalue weighted by molar-refractivity contribution is -0.129. The fraction of sp³-hybridized carbons (Fsp3) is 0.360. The van der Waals surface area contributed by atoms with Crippen molar-refractivity contribution in [2.24, 2.45) is 0 Å². The van der Waals surface area contributed by atoms with E-state index in [9.17, 15) is 9.59 Å². The number of aromatic amines is 1. The fourth-order valence-electron chi connectivity index (χ4n) is 3.67. The molecule has 10 heteroatoms. The van der Waals surface area contributed by atoms with Crippen molar-refractivity contribution in [1.29, 1.82) is 0 Å². The van der Waals surface area contributed by atoms with Crippen LogP contribution >= 0.6 is 0 Å². The van der Waals surface area contributed by atoms with Gasteiger partial charge in [-0.05, 0) is 38.5 Å². The largest absolute Gasteiger partial charge is 0.486 e. The Balaban J connectivity index is 1.35. The van der Waals surface area contributed by atoms with E-state index < -0.39 is 23.8 Å². The van der Waals surface area contributed by atoms with Crippen molar-refractivity contribution in [3.8, 4) is 0 Å². The van der Waals surface area contributed by atoms with Gasteiger partial charge in [-0.1, -0.05) is 30.3 Å². The van der Waals surface area contributed by atoms with E-state index in [1.54, 1.807) is 17.2 Å². The van der Waals surface area contributed by atoms with E-state index in [-0.39, 0.29) is 19.0 Å². The lowest BCUT2D eigenvalue weighted by Gasteiger charge is -2.28. The van der Waals surface area contributed by atoms with Gasteiger partial charge in [-0.25, -0.2) is 14.8 Å². The molecule has 0 saturated heterocycles. The zero-order chi connectivity index (χ0) is 24.8. The van der Waals surface area contributed by atoms with Crippen molar-refractivity contribution in [2.75, 3.05) is 18.4 Å². The molecule has 1 aliphatic rings. The van der Waals surface area contributed by atoms with E-state index in [1.807, 2.05) is 57.2 Å². The summed E-state index contributed by atoms with van der Waals surface area (Å²) in [7, 11) is 0. The summed E-state index contributed by atoms with van der Waals surface area (Å²) < 4.78 is 11.1. The maximum absolute atomic E-state index is 12.9. The lowest BCUT2D eigenvalue weighted by atomic mass is 10.1. The quantitative estimate of drug-likeness (QED) is 0.454. The minimum Gasteiger partial charge on any atom is -0.486 e. The number of carbonyl (C=O) groups is 2. The van der Waals surface area contributed by atoms with Crippen LogP contribution in [0.25, 0.3) is 11.0 Å². The zero-order valence-electron chi connectivity index (χ0n) is 20.0. The molecule has 2 unspecified atom stereocenters. The number of hydrogen-bond acceptors (Lipinski definition) is 7. The number of aromatic nitrogens is 3. The van der Waals surface area contributed by atoms with Gasteiger partial charge in [-0.2, -0.15) is 0 Å². The number of hydrogen-bond donors (Lipinski definition) is 3. The summed E-state index contributed by atoms with van der Waals surface area (Å²) in [6.45, 7) is 6.37. The number of amides is 2. The van der Waals surface area contributed by atoms with E-state index in [2.05, 4.69) is 25.6 Å². The molecule has 2 aromatic heterocycles. The van der Waals surface area contributed by atoms with Crippen LogP contribution in [0.15, 0.2) is 61.3 Å². The van der Waals surface area contributed by atoms with Crippen molar-refractivity contribution in [3.63, 3.8) is 0 Å². The van der Waals surface area contributed by atoms with E-state index in [4.69, 9.17) is 9.47 Å². The molecule has 4 rings (SSSR count). The summed E-state index contributed by atoms with van der Waals surface area (Å²) in [5, 5.41) is 6.94. The summed E-state index contributed by atoms with van der Waals surface area (Å²) in [5.74, 6) is 0.309. The number of rotatable bonds is 8. The monoisotopic (exact) mass is 478 g/mol. The number of H-pyrrole nitrogens is 1. The van der Waals surface area contributed by atoms with Gasteiger partial charge < -0.3 is 30.0 Å². The van der Waals surface area contributed by atoms with Gasteiger partial charge in [0.15, 0.2) is 6.10 Å². The predicted molar refractivity (Wildman–Crippen MR) is 131 cm³/mol. The number of benzene rings is 1. The fourth-order valence-corrected chi connectivity index (χ4v) is 3.67. The number of ether oxygens (including phenoxy) is 2. The summed E-state index contributed by atoms with van der Waals surface area (Å²) >= 11 is 0. The molecule has 2 atom stereocenters. The Morgan fingerprint density at radius 3 is 2.74 bits per heavy atom. The highest BCUT2D eigenvalue weighted by atomic mass is 16.6. The van der Waals surface area contributed by atoms with Crippen LogP contribution in [0.1, 0.15) is 26.3 Å². The molecule has 35 heavy (non-hydrogen) atoms. The number of nitrogens with one attached hydrogen (secondary N) is 3.